The molecule has 1 amide bonds. The Hall–Kier alpha value is -2.21. The standard InChI is InChI=1S/C17H20N4OS/c1-21(2)17-18-11-12-10-13(5-7-15(12)20-17)19-16(22)8-6-14-4-3-9-23-14/h3-4,6,8-9,11,13H,5,7,10H2,1-2H3,(H,19,22). The molecule has 0 fully saturated rings. The van der Waals surface area contributed by atoms with Crippen LogP contribution in [0.15, 0.2) is 29.8 Å². The molecule has 1 unspecified atom stereocenters. The van der Waals surface area contributed by atoms with Gasteiger partial charge in [-0.2, -0.15) is 0 Å². The number of anilines is 1. The summed E-state index contributed by atoms with van der Waals surface area (Å²) in [6, 6.07) is 4.12. The third-order valence-corrected chi connectivity index (χ3v) is 4.66. The molecule has 6 heteroatoms. The van der Waals surface area contributed by atoms with Gasteiger partial charge in [0.2, 0.25) is 11.9 Å². The number of aryl methyl sites for hydroxylation is 1. The van der Waals surface area contributed by atoms with Crippen molar-refractivity contribution in [1.82, 2.24) is 15.3 Å². The summed E-state index contributed by atoms with van der Waals surface area (Å²) in [5, 5.41) is 5.07. The highest BCUT2D eigenvalue weighted by Crippen LogP contribution is 2.21. The number of hydrogen-bond donors (Lipinski definition) is 1. The Kier molecular flexibility index (Phi) is 4.71. The van der Waals surface area contributed by atoms with Crippen molar-refractivity contribution in [1.29, 1.82) is 0 Å². The third-order valence-electron chi connectivity index (χ3n) is 3.83. The van der Waals surface area contributed by atoms with E-state index in [0.29, 0.717) is 0 Å². The molecule has 0 bridgehead atoms. The molecule has 3 rings (SSSR count). The molecule has 0 saturated heterocycles. The van der Waals surface area contributed by atoms with Gasteiger partial charge in [-0.25, -0.2) is 9.97 Å². The van der Waals surface area contributed by atoms with Crippen molar-refractivity contribution in [2.75, 3.05) is 19.0 Å². The van der Waals surface area contributed by atoms with Crippen molar-refractivity contribution < 1.29 is 4.79 Å². The van der Waals surface area contributed by atoms with Gasteiger partial charge in [-0.3, -0.25) is 4.79 Å². The Morgan fingerprint density at radius 1 is 1.48 bits per heavy atom. The Labute approximate surface area is 140 Å². The normalized spacial score (nSPS) is 17.0. The zero-order valence-corrected chi connectivity index (χ0v) is 14.1. The van der Waals surface area contributed by atoms with E-state index in [4.69, 9.17) is 0 Å². The molecule has 23 heavy (non-hydrogen) atoms. The van der Waals surface area contributed by atoms with Gasteiger partial charge in [-0.1, -0.05) is 6.07 Å². The molecule has 0 spiro atoms. The monoisotopic (exact) mass is 328 g/mol. The summed E-state index contributed by atoms with van der Waals surface area (Å²) in [4.78, 5) is 24.0. The molecule has 2 aromatic rings. The van der Waals surface area contributed by atoms with Crippen LogP contribution < -0.4 is 10.2 Å². The van der Waals surface area contributed by atoms with E-state index < -0.39 is 0 Å². The van der Waals surface area contributed by atoms with Crippen molar-refractivity contribution >= 4 is 29.3 Å². The summed E-state index contributed by atoms with van der Waals surface area (Å²) >= 11 is 1.62. The van der Waals surface area contributed by atoms with Crippen molar-refractivity contribution in [3.8, 4) is 0 Å². The summed E-state index contributed by atoms with van der Waals surface area (Å²) in [5.41, 5.74) is 2.23. The van der Waals surface area contributed by atoms with Crippen LogP contribution in [0.1, 0.15) is 22.6 Å². The second-order valence-electron chi connectivity index (χ2n) is 5.83. The summed E-state index contributed by atoms with van der Waals surface area (Å²) in [5.74, 6) is 0.697. The fourth-order valence-corrected chi connectivity index (χ4v) is 3.25. The van der Waals surface area contributed by atoms with Crippen molar-refractivity contribution in [2.24, 2.45) is 0 Å². The number of thiophene rings is 1. The summed E-state index contributed by atoms with van der Waals surface area (Å²) < 4.78 is 0. The number of nitrogens with zero attached hydrogens (tertiary/aromatic N) is 3. The van der Waals surface area contributed by atoms with Gasteiger partial charge in [-0.15, -0.1) is 11.3 Å². The maximum atomic E-state index is 12.0. The molecule has 2 aromatic heterocycles. The van der Waals surface area contributed by atoms with Gasteiger partial charge < -0.3 is 10.2 Å². The van der Waals surface area contributed by atoms with Crippen LogP contribution in [0.2, 0.25) is 0 Å². The Morgan fingerprint density at radius 2 is 2.35 bits per heavy atom. The Morgan fingerprint density at radius 3 is 3.09 bits per heavy atom. The van der Waals surface area contributed by atoms with E-state index >= 15 is 0 Å². The van der Waals surface area contributed by atoms with Crippen LogP contribution in [0.3, 0.4) is 0 Å². The maximum Gasteiger partial charge on any atom is 0.244 e. The number of carbonyl (C=O) groups excluding carboxylic acids is 1. The van der Waals surface area contributed by atoms with Crippen LogP contribution >= 0.6 is 11.3 Å². The summed E-state index contributed by atoms with van der Waals surface area (Å²) in [7, 11) is 3.88. The number of hydrogen-bond acceptors (Lipinski definition) is 5. The first-order chi connectivity index (χ1) is 11.1. The van der Waals surface area contributed by atoms with E-state index in [1.807, 2.05) is 48.8 Å². The number of fused-ring (bicyclic) bond motifs is 1. The minimum Gasteiger partial charge on any atom is -0.349 e. The van der Waals surface area contributed by atoms with E-state index in [-0.39, 0.29) is 11.9 Å². The van der Waals surface area contributed by atoms with Gasteiger partial charge in [0.25, 0.3) is 0 Å². The molecule has 1 aliphatic carbocycles. The average Bonchev–Trinajstić information content (AvgIpc) is 3.06. The van der Waals surface area contributed by atoms with Crippen molar-refractivity contribution in [3.63, 3.8) is 0 Å². The topological polar surface area (TPSA) is 58.1 Å². The fraction of sp³-hybridized carbons (Fsp3) is 0.353. The van der Waals surface area contributed by atoms with E-state index in [1.54, 1.807) is 17.4 Å². The molecule has 0 aliphatic heterocycles. The highest BCUT2D eigenvalue weighted by atomic mass is 32.1. The van der Waals surface area contributed by atoms with Gasteiger partial charge in [0, 0.05) is 43.0 Å². The first-order valence-corrected chi connectivity index (χ1v) is 8.54. The van der Waals surface area contributed by atoms with Crippen LogP contribution in [-0.4, -0.2) is 36.0 Å². The van der Waals surface area contributed by atoms with Gasteiger partial charge in [0.1, 0.15) is 0 Å². The zero-order valence-electron chi connectivity index (χ0n) is 13.3. The van der Waals surface area contributed by atoms with Gasteiger partial charge >= 0.3 is 0 Å². The van der Waals surface area contributed by atoms with Crippen molar-refractivity contribution in [2.45, 2.75) is 25.3 Å². The van der Waals surface area contributed by atoms with E-state index in [2.05, 4.69) is 15.3 Å². The lowest BCUT2D eigenvalue weighted by Gasteiger charge is -2.25. The molecule has 5 nitrogen and oxygen atoms in total. The van der Waals surface area contributed by atoms with Crippen LogP contribution in [0.4, 0.5) is 5.95 Å². The van der Waals surface area contributed by atoms with E-state index in [1.165, 1.54) is 0 Å². The zero-order chi connectivity index (χ0) is 16.2. The molecule has 0 aromatic carbocycles. The molecule has 2 heterocycles. The van der Waals surface area contributed by atoms with Crippen LogP contribution in [0.5, 0.6) is 0 Å². The number of amides is 1. The Balaban J connectivity index is 1.60. The lowest BCUT2D eigenvalue weighted by molar-refractivity contribution is -0.117. The average molecular weight is 328 g/mol. The molecule has 1 aliphatic rings. The second-order valence-corrected chi connectivity index (χ2v) is 6.81. The molecular formula is C17H20N4OS. The first kappa shape index (κ1) is 15.7. The minimum absolute atomic E-state index is 0.0438. The van der Waals surface area contributed by atoms with Gasteiger partial charge in [0.15, 0.2) is 0 Å². The first-order valence-electron chi connectivity index (χ1n) is 7.66. The van der Waals surface area contributed by atoms with Crippen LogP contribution in [-0.2, 0) is 17.6 Å². The second kappa shape index (κ2) is 6.91. The quantitative estimate of drug-likeness (QED) is 0.875. The highest BCUT2D eigenvalue weighted by molar-refractivity contribution is 7.10. The van der Waals surface area contributed by atoms with Gasteiger partial charge in [0.05, 0.1) is 0 Å². The largest absolute Gasteiger partial charge is 0.349 e. The molecule has 0 saturated carbocycles. The Bertz CT molecular complexity index is 709. The summed E-state index contributed by atoms with van der Waals surface area (Å²) in [6.45, 7) is 0. The molecule has 120 valence electrons. The minimum atomic E-state index is -0.0438. The molecule has 1 N–H and O–H groups in total. The number of carbonyl (C=O) groups is 1. The number of aromatic nitrogens is 2. The molecular weight excluding hydrogens is 308 g/mol. The van der Waals surface area contributed by atoms with Crippen LogP contribution in [0, 0.1) is 0 Å². The number of nitrogens with one attached hydrogen (secondary N) is 1. The van der Waals surface area contributed by atoms with E-state index in [0.717, 1.165) is 41.3 Å². The predicted molar refractivity (Wildman–Crippen MR) is 93.7 cm³/mol. The molecule has 1 atom stereocenters. The fourth-order valence-electron chi connectivity index (χ4n) is 2.63. The maximum absolute atomic E-state index is 12.0. The van der Waals surface area contributed by atoms with Crippen molar-refractivity contribution in [3.05, 3.63) is 45.9 Å². The molecule has 0 radical (unpaired) electrons. The smallest absolute Gasteiger partial charge is 0.244 e. The van der Waals surface area contributed by atoms with Gasteiger partial charge in [-0.05, 0) is 42.3 Å². The highest BCUT2D eigenvalue weighted by Gasteiger charge is 2.21. The third kappa shape index (κ3) is 3.96. The summed E-state index contributed by atoms with van der Waals surface area (Å²) in [6.07, 6.45) is 7.92. The predicted octanol–water partition coefficient (Wildman–Crippen LogP) is 2.29. The number of rotatable bonds is 4. The lowest BCUT2D eigenvalue weighted by Crippen LogP contribution is -2.38. The van der Waals surface area contributed by atoms with Crippen LogP contribution in [0.25, 0.3) is 6.08 Å². The van der Waals surface area contributed by atoms with E-state index in [9.17, 15) is 4.79 Å². The SMILES string of the molecule is CN(C)c1ncc2c(n1)CCC(NC(=O)C=Cc1cccs1)C2. The lowest BCUT2D eigenvalue weighted by atomic mass is 9.93.